The number of nitrogens with one attached hydrogen (secondary N) is 3. The summed E-state index contributed by atoms with van der Waals surface area (Å²) in [5.41, 5.74) is 6.02. The molecule has 2 aromatic rings. The smallest absolute Gasteiger partial charge is 0.273 e. The molecule has 0 atom stereocenters. The lowest BCUT2D eigenvalue weighted by molar-refractivity contribution is -0.116. The number of rotatable bonds is 7. The number of hydrogen-bond donors (Lipinski definition) is 3. The van der Waals surface area contributed by atoms with Crippen molar-refractivity contribution in [1.29, 1.82) is 0 Å². The van der Waals surface area contributed by atoms with Crippen LogP contribution in [0.15, 0.2) is 46.9 Å². The normalized spacial score (nSPS) is 10.6. The largest absolute Gasteiger partial charge is 0.490 e. The first-order valence-corrected chi connectivity index (χ1v) is 10.4. The van der Waals surface area contributed by atoms with Crippen LogP contribution in [0.4, 0.5) is 5.69 Å². The standard InChI is InChI=1S/C22H26BrN3O4/c1-13(2)11-20(27)24-17-8-5-15(6-9-17)21(28)25-26-22(29)18-12-16(23)7-10-19(18)30-14(3)4/h5-10,12-14H,11H2,1-4H3,(H,24,27)(H,25,28)(H,26,29). The van der Waals surface area contributed by atoms with Crippen molar-refractivity contribution < 1.29 is 19.1 Å². The van der Waals surface area contributed by atoms with Crippen LogP contribution in [0, 0.1) is 5.92 Å². The van der Waals surface area contributed by atoms with E-state index >= 15 is 0 Å². The van der Waals surface area contributed by atoms with Crippen molar-refractivity contribution in [2.24, 2.45) is 5.92 Å². The number of hydrogen-bond acceptors (Lipinski definition) is 4. The predicted octanol–water partition coefficient (Wildman–Crippen LogP) is 4.30. The summed E-state index contributed by atoms with van der Waals surface area (Å²) in [6.07, 6.45) is 0.318. The minimum Gasteiger partial charge on any atom is -0.490 e. The summed E-state index contributed by atoms with van der Waals surface area (Å²) in [7, 11) is 0. The maximum Gasteiger partial charge on any atom is 0.273 e. The zero-order valence-electron chi connectivity index (χ0n) is 17.4. The highest BCUT2D eigenvalue weighted by Crippen LogP contribution is 2.24. The number of halogens is 1. The first-order valence-electron chi connectivity index (χ1n) is 9.62. The van der Waals surface area contributed by atoms with Gasteiger partial charge in [-0.3, -0.25) is 25.2 Å². The van der Waals surface area contributed by atoms with Gasteiger partial charge in [0.2, 0.25) is 5.91 Å². The maximum atomic E-state index is 12.5. The molecule has 30 heavy (non-hydrogen) atoms. The molecule has 0 saturated carbocycles. The summed E-state index contributed by atoms with van der Waals surface area (Å²) in [6.45, 7) is 7.65. The van der Waals surface area contributed by atoms with Crippen molar-refractivity contribution in [1.82, 2.24) is 10.9 Å². The van der Waals surface area contributed by atoms with Gasteiger partial charge in [0.25, 0.3) is 11.8 Å². The molecule has 0 radical (unpaired) electrons. The molecule has 0 spiro atoms. The minimum absolute atomic E-state index is 0.0806. The molecule has 0 aliphatic heterocycles. The number of ether oxygens (including phenoxy) is 1. The number of amides is 3. The monoisotopic (exact) mass is 475 g/mol. The van der Waals surface area contributed by atoms with Gasteiger partial charge in [0.1, 0.15) is 5.75 Å². The van der Waals surface area contributed by atoms with Gasteiger partial charge in [0.15, 0.2) is 0 Å². The van der Waals surface area contributed by atoms with Gasteiger partial charge in [0, 0.05) is 22.1 Å². The van der Waals surface area contributed by atoms with Crippen LogP contribution in [0.3, 0.4) is 0 Å². The fourth-order valence-electron chi connectivity index (χ4n) is 2.58. The Morgan fingerprint density at radius 2 is 1.57 bits per heavy atom. The minimum atomic E-state index is -0.502. The Morgan fingerprint density at radius 1 is 0.933 bits per heavy atom. The van der Waals surface area contributed by atoms with Gasteiger partial charge in [-0.2, -0.15) is 0 Å². The lowest BCUT2D eigenvalue weighted by Crippen LogP contribution is -2.41. The van der Waals surface area contributed by atoms with Gasteiger partial charge in [-0.05, 0) is 62.2 Å². The van der Waals surface area contributed by atoms with Crippen LogP contribution in [0.1, 0.15) is 54.8 Å². The van der Waals surface area contributed by atoms with Gasteiger partial charge in [-0.1, -0.05) is 29.8 Å². The zero-order valence-corrected chi connectivity index (χ0v) is 19.0. The fraction of sp³-hybridized carbons (Fsp3) is 0.318. The Hall–Kier alpha value is -2.87. The highest BCUT2D eigenvalue weighted by molar-refractivity contribution is 9.10. The highest BCUT2D eigenvalue weighted by Gasteiger charge is 2.16. The second kappa shape index (κ2) is 10.8. The summed E-state index contributed by atoms with van der Waals surface area (Å²) in [6, 6.07) is 11.5. The average molecular weight is 476 g/mol. The van der Waals surface area contributed by atoms with Gasteiger partial charge < -0.3 is 10.1 Å². The van der Waals surface area contributed by atoms with Crippen LogP contribution in [0.2, 0.25) is 0 Å². The predicted molar refractivity (Wildman–Crippen MR) is 119 cm³/mol. The van der Waals surface area contributed by atoms with E-state index in [9.17, 15) is 14.4 Å². The molecule has 0 aliphatic carbocycles. The van der Waals surface area contributed by atoms with Crippen LogP contribution in [-0.2, 0) is 4.79 Å². The third kappa shape index (κ3) is 7.18. The zero-order chi connectivity index (χ0) is 22.3. The molecule has 0 bridgehead atoms. The van der Waals surface area contributed by atoms with Crippen molar-refractivity contribution in [3.8, 4) is 5.75 Å². The molecule has 8 heteroatoms. The van der Waals surface area contributed by atoms with Crippen molar-refractivity contribution >= 4 is 39.3 Å². The molecule has 2 rings (SSSR count). The summed E-state index contributed by atoms with van der Waals surface area (Å²) in [5.74, 6) is -0.387. The van der Waals surface area contributed by atoms with E-state index in [4.69, 9.17) is 4.74 Å². The van der Waals surface area contributed by atoms with Crippen LogP contribution in [0.5, 0.6) is 5.75 Å². The molecule has 0 aliphatic rings. The number of hydrazine groups is 1. The van der Waals surface area contributed by atoms with Crippen molar-refractivity contribution in [3.63, 3.8) is 0 Å². The highest BCUT2D eigenvalue weighted by atomic mass is 79.9. The van der Waals surface area contributed by atoms with Crippen LogP contribution in [0.25, 0.3) is 0 Å². The van der Waals surface area contributed by atoms with E-state index in [-0.39, 0.29) is 17.9 Å². The molecule has 2 aromatic carbocycles. The SMILES string of the molecule is CC(C)CC(=O)Nc1ccc(C(=O)NNC(=O)c2cc(Br)ccc2OC(C)C)cc1. The summed E-state index contributed by atoms with van der Waals surface area (Å²) in [5, 5.41) is 2.78. The molecule has 0 saturated heterocycles. The van der Waals surface area contributed by atoms with Crippen molar-refractivity contribution in [3.05, 3.63) is 58.1 Å². The van der Waals surface area contributed by atoms with E-state index in [1.165, 1.54) is 0 Å². The Balaban J connectivity index is 1.98. The fourth-order valence-corrected chi connectivity index (χ4v) is 2.94. The third-order valence-corrected chi connectivity index (χ3v) is 4.36. The van der Waals surface area contributed by atoms with Crippen LogP contribution < -0.4 is 20.9 Å². The van der Waals surface area contributed by atoms with Gasteiger partial charge >= 0.3 is 0 Å². The van der Waals surface area contributed by atoms with E-state index in [1.54, 1.807) is 42.5 Å². The van der Waals surface area contributed by atoms with E-state index in [0.29, 0.717) is 33.5 Å². The molecule has 7 nitrogen and oxygen atoms in total. The molecule has 0 unspecified atom stereocenters. The molecular formula is C22H26BrN3O4. The molecule has 0 aromatic heterocycles. The Labute approximate surface area is 184 Å². The van der Waals surface area contributed by atoms with E-state index in [2.05, 4.69) is 32.1 Å². The quantitative estimate of drug-likeness (QED) is 0.520. The van der Waals surface area contributed by atoms with Crippen molar-refractivity contribution in [2.75, 3.05) is 5.32 Å². The first-order chi connectivity index (χ1) is 14.2. The molecule has 3 N–H and O–H groups in total. The Bertz CT molecular complexity index is 911. The van der Waals surface area contributed by atoms with Crippen LogP contribution >= 0.6 is 15.9 Å². The topological polar surface area (TPSA) is 96.5 Å². The van der Waals surface area contributed by atoms with E-state index in [0.717, 1.165) is 0 Å². The molecule has 3 amide bonds. The lowest BCUT2D eigenvalue weighted by Gasteiger charge is -2.15. The number of anilines is 1. The summed E-state index contributed by atoms with van der Waals surface area (Å²) in [4.78, 5) is 36.7. The van der Waals surface area contributed by atoms with Crippen molar-refractivity contribution in [2.45, 2.75) is 40.2 Å². The number of carbonyl (C=O) groups is 3. The van der Waals surface area contributed by atoms with Gasteiger partial charge in [-0.15, -0.1) is 0 Å². The number of benzene rings is 2. The number of carbonyl (C=O) groups excluding carboxylic acids is 3. The van der Waals surface area contributed by atoms with Gasteiger partial charge in [-0.25, -0.2) is 0 Å². The molecule has 0 fully saturated rings. The van der Waals surface area contributed by atoms with Gasteiger partial charge in [0.05, 0.1) is 11.7 Å². The van der Waals surface area contributed by atoms with Crippen LogP contribution in [-0.4, -0.2) is 23.8 Å². The Morgan fingerprint density at radius 3 is 2.17 bits per heavy atom. The Kier molecular flexibility index (Phi) is 8.41. The second-order valence-corrected chi connectivity index (χ2v) is 8.35. The molecular weight excluding hydrogens is 450 g/mol. The summed E-state index contributed by atoms with van der Waals surface area (Å²) < 4.78 is 6.37. The molecule has 0 heterocycles. The van der Waals surface area contributed by atoms with E-state index < -0.39 is 11.8 Å². The molecule has 160 valence electrons. The summed E-state index contributed by atoms with van der Waals surface area (Å²) >= 11 is 3.33. The average Bonchev–Trinajstić information content (AvgIpc) is 2.66. The maximum absolute atomic E-state index is 12.5. The van der Waals surface area contributed by atoms with E-state index in [1.807, 2.05) is 27.7 Å². The second-order valence-electron chi connectivity index (χ2n) is 7.44. The third-order valence-electron chi connectivity index (χ3n) is 3.86. The first kappa shape index (κ1) is 23.4. The lowest BCUT2D eigenvalue weighted by atomic mass is 10.1.